The first-order valence-electron chi connectivity index (χ1n) is 8.44. The Kier molecular flexibility index (Phi) is 4.74. The van der Waals surface area contributed by atoms with Crippen LogP contribution in [0.25, 0.3) is 5.65 Å². The molecule has 1 saturated heterocycles. The molecule has 1 aliphatic rings. The minimum atomic E-state index is 0.193. The van der Waals surface area contributed by atoms with E-state index in [1.165, 1.54) is 5.56 Å². The maximum absolute atomic E-state index is 5.42. The lowest BCUT2D eigenvalue weighted by Gasteiger charge is -2.30. The number of hydrogen-bond donors (Lipinski definition) is 1. The van der Waals surface area contributed by atoms with Gasteiger partial charge in [0.2, 0.25) is 5.89 Å². The van der Waals surface area contributed by atoms with Crippen LogP contribution in [0.2, 0.25) is 0 Å². The zero-order chi connectivity index (χ0) is 17.2. The molecule has 0 aliphatic carbocycles. The van der Waals surface area contributed by atoms with Crippen LogP contribution in [0, 0.1) is 6.92 Å². The van der Waals surface area contributed by atoms with Crippen LogP contribution in [0.15, 0.2) is 29.0 Å². The largest absolute Gasteiger partial charge is 0.338 e. The number of likely N-dealkylation sites (N-methyl/N-ethyl adjacent to an activating group) is 1. The molecule has 1 atom stereocenters. The van der Waals surface area contributed by atoms with Crippen molar-refractivity contribution in [3.63, 3.8) is 0 Å². The average molecular weight is 358 g/mol. The molecule has 1 aliphatic heterocycles. The number of aromatic nitrogens is 4. The zero-order valence-corrected chi connectivity index (χ0v) is 15.3. The van der Waals surface area contributed by atoms with Crippen LogP contribution in [0.1, 0.15) is 29.0 Å². The first kappa shape index (κ1) is 16.6. The van der Waals surface area contributed by atoms with E-state index in [1.807, 2.05) is 6.07 Å². The fourth-order valence-electron chi connectivity index (χ4n) is 3.02. The van der Waals surface area contributed by atoms with E-state index >= 15 is 0 Å². The normalized spacial score (nSPS) is 18.9. The number of pyridine rings is 1. The summed E-state index contributed by atoms with van der Waals surface area (Å²) >= 11 is 1.74. The molecule has 132 valence electrons. The van der Waals surface area contributed by atoms with Gasteiger partial charge in [-0.15, -0.1) is 11.8 Å². The lowest BCUT2D eigenvalue weighted by Crippen LogP contribution is -2.44. The third kappa shape index (κ3) is 3.70. The average Bonchev–Trinajstić information content (AvgIpc) is 3.21. The van der Waals surface area contributed by atoms with Gasteiger partial charge < -0.3 is 14.2 Å². The molecule has 0 amide bonds. The number of fused-ring (bicyclic) bond motifs is 1. The number of thioether (sulfide) groups is 1. The molecule has 4 rings (SSSR count). The molecule has 0 aromatic carbocycles. The Morgan fingerprint density at radius 2 is 2.20 bits per heavy atom. The van der Waals surface area contributed by atoms with Crippen LogP contribution in [0.5, 0.6) is 0 Å². The molecule has 1 fully saturated rings. The van der Waals surface area contributed by atoms with Crippen LogP contribution < -0.4 is 5.32 Å². The SMILES string of the molecule is Cc1ccc2nc(CSCc3nc(C4CNCCN4C)no3)cn2c1. The van der Waals surface area contributed by atoms with Crippen molar-refractivity contribution in [2.24, 2.45) is 0 Å². The molecule has 25 heavy (non-hydrogen) atoms. The zero-order valence-electron chi connectivity index (χ0n) is 14.5. The monoisotopic (exact) mass is 358 g/mol. The number of hydrogen-bond acceptors (Lipinski definition) is 7. The van der Waals surface area contributed by atoms with Crippen LogP contribution in [-0.2, 0) is 11.5 Å². The highest BCUT2D eigenvalue weighted by molar-refractivity contribution is 7.97. The van der Waals surface area contributed by atoms with Gasteiger partial charge in [0.05, 0.1) is 17.5 Å². The van der Waals surface area contributed by atoms with Crippen molar-refractivity contribution < 1.29 is 4.52 Å². The summed E-state index contributed by atoms with van der Waals surface area (Å²) in [5.74, 6) is 2.97. The molecule has 1 unspecified atom stereocenters. The van der Waals surface area contributed by atoms with Gasteiger partial charge in [0.25, 0.3) is 0 Å². The highest BCUT2D eigenvalue weighted by atomic mass is 32.2. The van der Waals surface area contributed by atoms with Gasteiger partial charge in [0.15, 0.2) is 5.82 Å². The van der Waals surface area contributed by atoms with Gasteiger partial charge in [-0.1, -0.05) is 11.2 Å². The Labute approximate surface area is 150 Å². The molecule has 8 heteroatoms. The van der Waals surface area contributed by atoms with E-state index in [-0.39, 0.29) is 6.04 Å². The fraction of sp³-hybridized carbons (Fsp3) is 0.471. The minimum Gasteiger partial charge on any atom is -0.338 e. The maximum atomic E-state index is 5.42. The summed E-state index contributed by atoms with van der Waals surface area (Å²) in [7, 11) is 2.10. The lowest BCUT2D eigenvalue weighted by atomic mass is 10.2. The molecular weight excluding hydrogens is 336 g/mol. The van der Waals surface area contributed by atoms with E-state index in [0.29, 0.717) is 11.6 Å². The minimum absolute atomic E-state index is 0.193. The topological polar surface area (TPSA) is 71.5 Å². The van der Waals surface area contributed by atoms with Crippen molar-refractivity contribution in [3.05, 3.63) is 47.5 Å². The van der Waals surface area contributed by atoms with Crippen molar-refractivity contribution >= 4 is 17.4 Å². The molecule has 4 heterocycles. The first-order valence-corrected chi connectivity index (χ1v) is 9.60. The van der Waals surface area contributed by atoms with Gasteiger partial charge in [0, 0.05) is 37.8 Å². The van der Waals surface area contributed by atoms with E-state index in [9.17, 15) is 0 Å². The summed E-state index contributed by atoms with van der Waals surface area (Å²) in [6.45, 7) is 4.95. The predicted octanol–water partition coefficient (Wildman–Crippen LogP) is 2.04. The summed E-state index contributed by atoms with van der Waals surface area (Å²) in [4.78, 5) is 11.5. The molecule has 0 radical (unpaired) electrons. The van der Waals surface area contributed by atoms with Gasteiger partial charge in [-0.05, 0) is 25.6 Å². The number of piperazine rings is 1. The number of nitrogens with one attached hydrogen (secondary N) is 1. The van der Waals surface area contributed by atoms with Crippen LogP contribution >= 0.6 is 11.8 Å². The van der Waals surface area contributed by atoms with Crippen molar-refractivity contribution in [1.82, 2.24) is 29.7 Å². The molecular formula is C17H22N6OS. The Bertz CT molecular complexity index is 860. The summed E-state index contributed by atoms with van der Waals surface area (Å²) in [6, 6.07) is 4.32. The second-order valence-electron chi connectivity index (χ2n) is 6.44. The molecule has 0 spiro atoms. The van der Waals surface area contributed by atoms with E-state index in [1.54, 1.807) is 11.8 Å². The predicted molar refractivity (Wildman–Crippen MR) is 97.5 cm³/mol. The standard InChI is InChI=1S/C17H22N6OS/c1-12-3-4-15-19-13(9-23(15)8-12)10-25-11-16-20-17(21-24-16)14-7-18-5-6-22(14)2/h3-4,8-9,14,18H,5-7,10-11H2,1-2H3. The molecule has 3 aromatic heterocycles. The lowest BCUT2D eigenvalue weighted by molar-refractivity contribution is 0.190. The molecule has 1 N–H and O–H groups in total. The van der Waals surface area contributed by atoms with E-state index in [0.717, 1.165) is 42.6 Å². The quantitative estimate of drug-likeness (QED) is 0.748. The van der Waals surface area contributed by atoms with Crippen LogP contribution in [0.4, 0.5) is 0 Å². The van der Waals surface area contributed by atoms with E-state index in [2.05, 4.69) is 62.2 Å². The van der Waals surface area contributed by atoms with E-state index in [4.69, 9.17) is 4.52 Å². The van der Waals surface area contributed by atoms with Gasteiger partial charge >= 0.3 is 0 Å². The van der Waals surface area contributed by atoms with E-state index < -0.39 is 0 Å². The number of nitrogens with zero attached hydrogens (tertiary/aromatic N) is 5. The molecule has 0 saturated carbocycles. The van der Waals surface area contributed by atoms with Gasteiger partial charge in [0.1, 0.15) is 5.65 Å². The third-order valence-corrected chi connectivity index (χ3v) is 5.37. The molecule has 0 bridgehead atoms. The van der Waals surface area contributed by atoms with Crippen LogP contribution in [-0.4, -0.2) is 51.1 Å². The van der Waals surface area contributed by atoms with Gasteiger partial charge in [-0.3, -0.25) is 4.90 Å². The maximum Gasteiger partial charge on any atom is 0.236 e. The van der Waals surface area contributed by atoms with Crippen molar-refractivity contribution in [2.45, 2.75) is 24.5 Å². The molecule has 7 nitrogen and oxygen atoms in total. The summed E-state index contributed by atoms with van der Waals surface area (Å²) in [5, 5.41) is 7.53. The van der Waals surface area contributed by atoms with Crippen molar-refractivity contribution in [3.8, 4) is 0 Å². The van der Waals surface area contributed by atoms with Gasteiger partial charge in [-0.25, -0.2) is 4.98 Å². The Balaban J connectivity index is 1.35. The highest BCUT2D eigenvalue weighted by Crippen LogP contribution is 2.21. The number of imidazole rings is 1. The van der Waals surface area contributed by atoms with Crippen LogP contribution in [0.3, 0.4) is 0 Å². The smallest absolute Gasteiger partial charge is 0.236 e. The second-order valence-corrected chi connectivity index (χ2v) is 7.43. The summed E-state index contributed by atoms with van der Waals surface area (Å²) < 4.78 is 7.49. The first-order chi connectivity index (χ1) is 12.2. The Hall–Kier alpha value is -1.90. The molecule has 3 aromatic rings. The second kappa shape index (κ2) is 7.15. The van der Waals surface area contributed by atoms with Crippen molar-refractivity contribution in [1.29, 1.82) is 0 Å². The number of rotatable bonds is 5. The summed E-state index contributed by atoms with van der Waals surface area (Å²) in [5.41, 5.74) is 3.27. The highest BCUT2D eigenvalue weighted by Gasteiger charge is 2.25. The van der Waals surface area contributed by atoms with Gasteiger partial charge in [-0.2, -0.15) is 4.98 Å². The summed E-state index contributed by atoms with van der Waals surface area (Å²) in [6.07, 6.45) is 4.17. The third-order valence-electron chi connectivity index (χ3n) is 4.42. The number of aryl methyl sites for hydroxylation is 1. The fourth-order valence-corrected chi connectivity index (χ4v) is 3.77. The Morgan fingerprint density at radius 3 is 3.08 bits per heavy atom. The Morgan fingerprint density at radius 1 is 1.28 bits per heavy atom. The van der Waals surface area contributed by atoms with Crippen molar-refractivity contribution in [2.75, 3.05) is 26.7 Å².